The predicted molar refractivity (Wildman–Crippen MR) is 167 cm³/mol. The van der Waals surface area contributed by atoms with Crippen molar-refractivity contribution in [2.45, 2.75) is 96.4 Å². The standard InChI is InChI=1S/C30H47N7O9/c1-16(2)25(37-28(44)22(12-13-24(40)41)35-27(43)17(3)33-18(4)38)30(46)36-23(15-19-8-10-20(39)11-9-19)29(45)34-21(26(32)42)7-5-6-14-31/h8-11,16-17,21-23,25,39H,5-7,12-15,31H2,1-4H3,(H2,32,42)(H,33,38)(H,34,45)(H,35,43)(H,36,46)(H,37,44)(H,40,41)/t17-,21-,22-,23-,25-/m0/s1. The molecule has 0 spiro atoms. The third-order valence-corrected chi connectivity index (χ3v) is 6.96. The number of carbonyl (C=O) groups is 7. The molecular weight excluding hydrogens is 602 g/mol. The molecule has 1 aromatic carbocycles. The highest BCUT2D eigenvalue weighted by atomic mass is 16.4. The molecule has 1 rings (SSSR count). The Labute approximate surface area is 267 Å². The summed E-state index contributed by atoms with van der Waals surface area (Å²) in [5.74, 6) is -6.11. The fraction of sp³-hybridized carbons (Fsp3) is 0.567. The smallest absolute Gasteiger partial charge is 0.303 e. The van der Waals surface area contributed by atoms with E-state index in [4.69, 9.17) is 16.6 Å². The first-order valence-corrected chi connectivity index (χ1v) is 15.0. The first kappa shape index (κ1) is 39.3. The monoisotopic (exact) mass is 649 g/mol. The fourth-order valence-electron chi connectivity index (χ4n) is 4.38. The summed E-state index contributed by atoms with van der Waals surface area (Å²) in [5, 5.41) is 31.3. The van der Waals surface area contributed by atoms with Gasteiger partial charge in [-0.1, -0.05) is 26.0 Å². The van der Waals surface area contributed by atoms with Crippen LogP contribution in [0.1, 0.15) is 65.4 Å². The van der Waals surface area contributed by atoms with E-state index in [9.17, 15) is 38.7 Å². The summed E-state index contributed by atoms with van der Waals surface area (Å²) in [6, 6.07) is -0.000159. The highest BCUT2D eigenvalue weighted by Crippen LogP contribution is 2.13. The number of phenolic OH excluding ortho intramolecular Hbond substituents is 1. The number of primary amides is 1. The third-order valence-electron chi connectivity index (χ3n) is 6.96. The van der Waals surface area contributed by atoms with Crippen LogP contribution >= 0.6 is 0 Å². The van der Waals surface area contributed by atoms with Crippen molar-refractivity contribution in [3.05, 3.63) is 29.8 Å². The maximum Gasteiger partial charge on any atom is 0.303 e. The van der Waals surface area contributed by atoms with Crippen LogP contribution in [0, 0.1) is 5.92 Å². The lowest BCUT2D eigenvalue weighted by molar-refractivity contribution is -0.138. The van der Waals surface area contributed by atoms with Gasteiger partial charge >= 0.3 is 5.97 Å². The van der Waals surface area contributed by atoms with E-state index in [1.165, 1.54) is 26.0 Å². The minimum atomic E-state index is -1.37. The zero-order valence-electron chi connectivity index (χ0n) is 26.6. The van der Waals surface area contributed by atoms with E-state index in [1.54, 1.807) is 26.0 Å². The highest BCUT2D eigenvalue weighted by Gasteiger charge is 2.33. The number of nitrogens with two attached hydrogens (primary N) is 2. The molecule has 1 aromatic rings. The van der Waals surface area contributed by atoms with E-state index in [0.29, 0.717) is 24.9 Å². The first-order valence-electron chi connectivity index (χ1n) is 15.0. The van der Waals surface area contributed by atoms with Gasteiger partial charge in [0.15, 0.2) is 0 Å². The van der Waals surface area contributed by atoms with Crippen molar-refractivity contribution in [1.29, 1.82) is 0 Å². The van der Waals surface area contributed by atoms with Crippen LogP contribution in [0.2, 0.25) is 0 Å². The number of benzene rings is 1. The Morgan fingerprint density at radius 2 is 1.30 bits per heavy atom. The number of hydrogen-bond acceptors (Lipinski definition) is 9. The van der Waals surface area contributed by atoms with Gasteiger partial charge < -0.3 is 48.3 Å². The second-order valence-corrected chi connectivity index (χ2v) is 11.3. The molecule has 11 N–H and O–H groups in total. The van der Waals surface area contributed by atoms with Gasteiger partial charge in [0.05, 0.1) is 0 Å². The summed E-state index contributed by atoms with van der Waals surface area (Å²) in [7, 11) is 0. The molecule has 0 aliphatic rings. The van der Waals surface area contributed by atoms with Gasteiger partial charge in [0.2, 0.25) is 35.4 Å². The molecule has 0 unspecified atom stereocenters. The number of carbonyl (C=O) groups excluding carboxylic acids is 6. The topological polar surface area (TPSA) is 272 Å². The zero-order chi connectivity index (χ0) is 35.0. The minimum Gasteiger partial charge on any atom is -0.508 e. The molecule has 16 heteroatoms. The second-order valence-electron chi connectivity index (χ2n) is 11.3. The summed E-state index contributed by atoms with van der Waals surface area (Å²) in [5.41, 5.74) is 11.6. The van der Waals surface area contributed by atoms with Crippen LogP contribution in [-0.2, 0) is 40.0 Å². The second kappa shape index (κ2) is 19.6. The maximum atomic E-state index is 13.6. The Bertz CT molecular complexity index is 1220. The summed E-state index contributed by atoms with van der Waals surface area (Å²) in [6.45, 7) is 6.23. The lowest BCUT2D eigenvalue weighted by Crippen LogP contribution is -2.60. The van der Waals surface area contributed by atoms with Gasteiger partial charge in [0, 0.05) is 19.8 Å². The number of nitrogens with one attached hydrogen (secondary N) is 5. The molecule has 16 nitrogen and oxygen atoms in total. The zero-order valence-corrected chi connectivity index (χ0v) is 26.6. The van der Waals surface area contributed by atoms with E-state index in [2.05, 4.69) is 26.6 Å². The molecule has 0 saturated carbocycles. The van der Waals surface area contributed by atoms with Crippen LogP contribution in [-0.4, -0.2) is 88.4 Å². The van der Waals surface area contributed by atoms with Gasteiger partial charge in [-0.2, -0.15) is 0 Å². The van der Waals surface area contributed by atoms with Crippen LogP contribution < -0.4 is 38.1 Å². The summed E-state index contributed by atoms with van der Waals surface area (Å²) in [6.07, 6.45) is 0.506. The summed E-state index contributed by atoms with van der Waals surface area (Å²) >= 11 is 0. The molecular formula is C30H47N7O9. The average Bonchev–Trinajstić information content (AvgIpc) is 2.97. The van der Waals surface area contributed by atoms with Crippen LogP contribution in [0.25, 0.3) is 0 Å². The number of phenols is 1. The molecule has 0 saturated heterocycles. The quantitative estimate of drug-likeness (QED) is 0.0740. The number of aliphatic carboxylic acids is 1. The first-order chi connectivity index (χ1) is 21.5. The predicted octanol–water partition coefficient (Wildman–Crippen LogP) is -1.47. The van der Waals surface area contributed by atoms with Gasteiger partial charge in [0.1, 0.15) is 36.0 Å². The molecule has 0 heterocycles. The van der Waals surface area contributed by atoms with Crippen LogP contribution in [0.5, 0.6) is 5.75 Å². The van der Waals surface area contributed by atoms with Crippen LogP contribution in [0.15, 0.2) is 24.3 Å². The van der Waals surface area contributed by atoms with Crippen molar-refractivity contribution in [2.24, 2.45) is 17.4 Å². The van der Waals surface area contributed by atoms with E-state index in [1.807, 2.05) is 0 Å². The number of carboxylic acid groups (broad SMARTS) is 1. The number of rotatable bonds is 20. The van der Waals surface area contributed by atoms with E-state index >= 15 is 0 Å². The number of carboxylic acids is 1. The molecule has 0 bridgehead atoms. The summed E-state index contributed by atoms with van der Waals surface area (Å²) < 4.78 is 0. The van der Waals surface area contributed by atoms with Crippen molar-refractivity contribution < 1.29 is 43.8 Å². The molecule has 0 fully saturated rings. The van der Waals surface area contributed by atoms with Gasteiger partial charge in [-0.25, -0.2) is 0 Å². The maximum absolute atomic E-state index is 13.6. The Hall–Kier alpha value is -4.73. The van der Waals surface area contributed by atoms with Crippen molar-refractivity contribution in [3.63, 3.8) is 0 Å². The number of amides is 6. The highest BCUT2D eigenvalue weighted by molar-refractivity contribution is 5.96. The summed E-state index contributed by atoms with van der Waals surface area (Å²) in [4.78, 5) is 87.5. The molecule has 256 valence electrons. The SMILES string of the molecule is CC(=O)N[C@@H](C)C(=O)N[C@@H](CCC(=O)O)C(=O)N[C@H](C(=O)N[C@@H](Cc1ccc(O)cc1)C(=O)N[C@@H](CCCCN)C(N)=O)C(C)C. The van der Waals surface area contributed by atoms with E-state index < -0.39 is 84.0 Å². The van der Waals surface area contributed by atoms with E-state index in [0.717, 1.165) is 0 Å². The third kappa shape index (κ3) is 14.4. The lowest BCUT2D eigenvalue weighted by atomic mass is 9.99. The van der Waals surface area contributed by atoms with Crippen LogP contribution in [0.3, 0.4) is 0 Å². The molecule has 5 atom stereocenters. The van der Waals surface area contributed by atoms with Crippen molar-refractivity contribution in [1.82, 2.24) is 26.6 Å². The van der Waals surface area contributed by atoms with Crippen molar-refractivity contribution in [3.8, 4) is 5.75 Å². The number of unbranched alkanes of at least 4 members (excludes halogenated alkanes) is 1. The number of aromatic hydroxyl groups is 1. The Balaban J connectivity index is 3.23. The molecule has 0 radical (unpaired) electrons. The fourth-order valence-corrected chi connectivity index (χ4v) is 4.38. The van der Waals surface area contributed by atoms with Crippen molar-refractivity contribution >= 4 is 41.4 Å². The van der Waals surface area contributed by atoms with Gasteiger partial charge in [0.25, 0.3) is 0 Å². The molecule has 6 amide bonds. The molecule has 46 heavy (non-hydrogen) atoms. The molecule has 0 aliphatic carbocycles. The van der Waals surface area contributed by atoms with Crippen molar-refractivity contribution in [2.75, 3.05) is 6.54 Å². The van der Waals surface area contributed by atoms with E-state index in [-0.39, 0.29) is 25.0 Å². The molecule has 0 aromatic heterocycles. The Morgan fingerprint density at radius 3 is 1.83 bits per heavy atom. The molecule has 0 aliphatic heterocycles. The largest absolute Gasteiger partial charge is 0.508 e. The van der Waals surface area contributed by atoms with Gasteiger partial charge in [-0.3, -0.25) is 33.6 Å². The lowest BCUT2D eigenvalue weighted by Gasteiger charge is -2.28. The van der Waals surface area contributed by atoms with Gasteiger partial charge in [-0.15, -0.1) is 0 Å². The Morgan fingerprint density at radius 1 is 0.739 bits per heavy atom. The van der Waals surface area contributed by atoms with Crippen LogP contribution in [0.4, 0.5) is 0 Å². The average molecular weight is 650 g/mol. The normalized spacial score (nSPS) is 14.1. The Kier molecular flexibility index (Phi) is 16.8. The minimum absolute atomic E-state index is 0.0129. The number of hydrogen-bond donors (Lipinski definition) is 9. The van der Waals surface area contributed by atoms with Gasteiger partial charge in [-0.05, 0) is 62.8 Å².